The second-order valence-corrected chi connectivity index (χ2v) is 6.20. The standard InChI is InChI=1S/C20H15FN2O4/c1-11-16(12(2)27-22-11)10-26-13-7-8-18(17(21)9-13)23-19(24)14-5-3-4-6-15(14)20(23)25/h3-9H,10H2,1-2H3. The van der Waals surface area contributed by atoms with Crippen molar-refractivity contribution in [1.82, 2.24) is 5.16 Å². The van der Waals surface area contributed by atoms with Gasteiger partial charge in [-0.25, -0.2) is 9.29 Å². The molecule has 27 heavy (non-hydrogen) atoms. The number of hydrogen-bond acceptors (Lipinski definition) is 5. The van der Waals surface area contributed by atoms with Crippen molar-refractivity contribution in [2.75, 3.05) is 4.90 Å². The summed E-state index contributed by atoms with van der Waals surface area (Å²) in [7, 11) is 0. The molecule has 0 bridgehead atoms. The van der Waals surface area contributed by atoms with Gasteiger partial charge in [0.1, 0.15) is 18.1 Å². The number of aryl methyl sites for hydroxylation is 2. The maximum absolute atomic E-state index is 14.6. The number of fused-ring (bicyclic) bond motifs is 1. The highest BCUT2D eigenvalue weighted by molar-refractivity contribution is 6.34. The number of rotatable bonds is 4. The van der Waals surface area contributed by atoms with E-state index in [1.165, 1.54) is 12.1 Å². The molecule has 2 heterocycles. The van der Waals surface area contributed by atoms with Crippen LogP contribution in [-0.4, -0.2) is 17.0 Å². The summed E-state index contributed by atoms with van der Waals surface area (Å²) < 4.78 is 25.3. The summed E-state index contributed by atoms with van der Waals surface area (Å²) in [6.07, 6.45) is 0. The van der Waals surface area contributed by atoms with Crippen molar-refractivity contribution < 1.29 is 23.2 Å². The van der Waals surface area contributed by atoms with Crippen LogP contribution in [-0.2, 0) is 6.61 Å². The van der Waals surface area contributed by atoms with E-state index in [1.54, 1.807) is 38.1 Å². The summed E-state index contributed by atoms with van der Waals surface area (Å²) in [4.78, 5) is 25.8. The normalized spacial score (nSPS) is 13.2. The molecule has 1 aliphatic heterocycles. The Hall–Kier alpha value is -3.48. The monoisotopic (exact) mass is 366 g/mol. The number of ether oxygens (including phenoxy) is 1. The average Bonchev–Trinajstić information content (AvgIpc) is 3.11. The Kier molecular flexibility index (Phi) is 3.99. The number of halogens is 1. The van der Waals surface area contributed by atoms with Gasteiger partial charge >= 0.3 is 0 Å². The summed E-state index contributed by atoms with van der Waals surface area (Å²) in [5.41, 5.74) is 1.92. The predicted molar refractivity (Wildman–Crippen MR) is 94.3 cm³/mol. The van der Waals surface area contributed by atoms with Crippen molar-refractivity contribution in [2.45, 2.75) is 20.5 Å². The Morgan fingerprint density at radius 2 is 1.74 bits per heavy atom. The summed E-state index contributed by atoms with van der Waals surface area (Å²) in [6.45, 7) is 3.73. The van der Waals surface area contributed by atoms with Crippen molar-refractivity contribution in [3.8, 4) is 5.75 Å². The first-order valence-corrected chi connectivity index (χ1v) is 8.29. The second kappa shape index (κ2) is 6.35. The molecule has 6 nitrogen and oxygen atoms in total. The zero-order valence-corrected chi connectivity index (χ0v) is 14.7. The van der Waals surface area contributed by atoms with Gasteiger partial charge < -0.3 is 9.26 Å². The van der Waals surface area contributed by atoms with Gasteiger partial charge in [0, 0.05) is 6.07 Å². The molecule has 0 saturated heterocycles. The van der Waals surface area contributed by atoms with Gasteiger partial charge in [0.2, 0.25) is 0 Å². The van der Waals surface area contributed by atoms with Gasteiger partial charge in [0.05, 0.1) is 28.1 Å². The number of carbonyl (C=O) groups is 2. The Morgan fingerprint density at radius 3 is 2.30 bits per heavy atom. The van der Waals surface area contributed by atoms with Crippen LogP contribution in [0.3, 0.4) is 0 Å². The van der Waals surface area contributed by atoms with Gasteiger partial charge in [-0.15, -0.1) is 0 Å². The Labute approximate surface area is 154 Å². The quantitative estimate of drug-likeness (QED) is 0.657. The fourth-order valence-electron chi connectivity index (χ4n) is 3.03. The molecule has 0 fully saturated rings. The SMILES string of the molecule is Cc1noc(C)c1COc1ccc(N2C(=O)c3ccccc3C2=O)c(F)c1. The number of carbonyl (C=O) groups excluding carboxylic acids is 2. The van der Waals surface area contributed by atoms with Crippen LogP contribution in [0.25, 0.3) is 0 Å². The fraction of sp³-hybridized carbons (Fsp3) is 0.150. The molecule has 136 valence electrons. The van der Waals surface area contributed by atoms with E-state index in [-0.39, 0.29) is 29.2 Å². The highest BCUT2D eigenvalue weighted by atomic mass is 19.1. The second-order valence-electron chi connectivity index (χ2n) is 6.20. The lowest BCUT2D eigenvalue weighted by Gasteiger charge is -2.15. The first-order valence-electron chi connectivity index (χ1n) is 8.29. The van der Waals surface area contributed by atoms with Gasteiger partial charge in [-0.1, -0.05) is 17.3 Å². The van der Waals surface area contributed by atoms with E-state index in [9.17, 15) is 14.0 Å². The van der Waals surface area contributed by atoms with Crippen LogP contribution >= 0.6 is 0 Å². The molecule has 0 unspecified atom stereocenters. The van der Waals surface area contributed by atoms with Crippen molar-refractivity contribution in [3.05, 3.63) is 76.4 Å². The Morgan fingerprint density at radius 1 is 1.07 bits per heavy atom. The van der Waals surface area contributed by atoms with Crippen LogP contribution in [0.5, 0.6) is 5.75 Å². The van der Waals surface area contributed by atoms with Crippen LogP contribution in [0.2, 0.25) is 0 Å². The molecule has 0 spiro atoms. The lowest BCUT2D eigenvalue weighted by molar-refractivity contribution is 0.0924. The summed E-state index contributed by atoms with van der Waals surface area (Å²) in [5, 5.41) is 3.84. The predicted octanol–water partition coefficient (Wildman–Crippen LogP) is 3.81. The van der Waals surface area contributed by atoms with Crippen molar-refractivity contribution >= 4 is 17.5 Å². The molecule has 1 aliphatic rings. The number of aromatic nitrogens is 1. The van der Waals surface area contributed by atoms with Crippen LogP contribution in [0.15, 0.2) is 47.0 Å². The number of nitrogens with zero attached hydrogens (tertiary/aromatic N) is 2. The maximum atomic E-state index is 14.6. The van der Waals surface area contributed by atoms with E-state index in [0.29, 0.717) is 11.5 Å². The Bertz CT molecular complexity index is 1020. The minimum Gasteiger partial charge on any atom is -0.489 e. The average molecular weight is 366 g/mol. The Balaban J connectivity index is 1.58. The smallest absolute Gasteiger partial charge is 0.266 e. The molecule has 2 aromatic carbocycles. The highest BCUT2D eigenvalue weighted by Gasteiger charge is 2.37. The minimum absolute atomic E-state index is 0.106. The van der Waals surface area contributed by atoms with Crippen molar-refractivity contribution in [3.63, 3.8) is 0 Å². The summed E-state index contributed by atoms with van der Waals surface area (Å²) >= 11 is 0. The van der Waals surface area contributed by atoms with Crippen molar-refractivity contribution in [2.24, 2.45) is 0 Å². The summed E-state index contributed by atoms with van der Waals surface area (Å²) in [6, 6.07) is 10.4. The highest BCUT2D eigenvalue weighted by Crippen LogP contribution is 2.32. The third-order valence-corrected chi connectivity index (χ3v) is 4.52. The molecule has 4 rings (SSSR count). The zero-order chi connectivity index (χ0) is 19.1. The van der Waals surface area contributed by atoms with E-state index < -0.39 is 17.6 Å². The third-order valence-electron chi connectivity index (χ3n) is 4.52. The molecule has 0 saturated carbocycles. The number of amides is 2. The van der Waals surface area contributed by atoms with Gasteiger partial charge in [-0.3, -0.25) is 9.59 Å². The number of imide groups is 1. The lowest BCUT2D eigenvalue weighted by Crippen LogP contribution is -2.30. The topological polar surface area (TPSA) is 72.6 Å². The van der Waals surface area contributed by atoms with Gasteiger partial charge in [-0.2, -0.15) is 0 Å². The minimum atomic E-state index is -0.722. The van der Waals surface area contributed by atoms with Crippen LogP contribution in [0.4, 0.5) is 10.1 Å². The molecule has 0 N–H and O–H groups in total. The number of benzene rings is 2. The van der Waals surface area contributed by atoms with Gasteiger partial charge in [0.15, 0.2) is 5.82 Å². The molecule has 3 aromatic rings. The molecule has 0 aliphatic carbocycles. The number of anilines is 1. The number of hydrogen-bond donors (Lipinski definition) is 0. The molecule has 0 radical (unpaired) electrons. The van der Waals surface area contributed by atoms with E-state index in [4.69, 9.17) is 9.26 Å². The molecule has 1 aromatic heterocycles. The first kappa shape index (κ1) is 17.0. The third kappa shape index (κ3) is 2.77. The van der Waals surface area contributed by atoms with Crippen LogP contribution in [0.1, 0.15) is 37.7 Å². The summed E-state index contributed by atoms with van der Waals surface area (Å²) in [5.74, 6) is -0.901. The molecular formula is C20H15FN2O4. The lowest BCUT2D eigenvalue weighted by atomic mass is 10.1. The molecule has 7 heteroatoms. The van der Waals surface area contributed by atoms with Crippen molar-refractivity contribution in [1.29, 1.82) is 0 Å². The molecule has 2 amide bonds. The largest absolute Gasteiger partial charge is 0.489 e. The van der Waals surface area contributed by atoms with Crippen LogP contribution in [0, 0.1) is 19.7 Å². The van der Waals surface area contributed by atoms with E-state index >= 15 is 0 Å². The van der Waals surface area contributed by atoms with Crippen LogP contribution < -0.4 is 9.64 Å². The fourth-order valence-corrected chi connectivity index (χ4v) is 3.03. The molecular weight excluding hydrogens is 351 g/mol. The van der Waals surface area contributed by atoms with Gasteiger partial charge in [0.25, 0.3) is 11.8 Å². The first-order chi connectivity index (χ1) is 13.0. The maximum Gasteiger partial charge on any atom is 0.266 e. The van der Waals surface area contributed by atoms with E-state index in [1.807, 2.05) is 0 Å². The van der Waals surface area contributed by atoms with E-state index in [0.717, 1.165) is 16.5 Å². The molecule has 0 atom stereocenters. The zero-order valence-electron chi connectivity index (χ0n) is 14.7. The van der Waals surface area contributed by atoms with E-state index in [2.05, 4.69) is 5.16 Å². The van der Waals surface area contributed by atoms with Gasteiger partial charge in [-0.05, 0) is 38.1 Å².